The molecule has 0 atom stereocenters. The van der Waals surface area contributed by atoms with Gasteiger partial charge in [-0.05, 0) is 13.8 Å². The Bertz CT molecular complexity index is 379. The van der Waals surface area contributed by atoms with E-state index in [0.29, 0.717) is 0 Å². The van der Waals surface area contributed by atoms with Gasteiger partial charge in [-0.2, -0.15) is 0 Å². The summed E-state index contributed by atoms with van der Waals surface area (Å²) in [6.45, 7) is 22.2. The molecule has 0 bridgehead atoms. The van der Waals surface area contributed by atoms with E-state index in [1.807, 2.05) is 11.8 Å². The molecule has 0 aromatic rings. The molecule has 140 valence electrons. The molecular formula is C18H38N2Si4Ti. The van der Waals surface area contributed by atoms with E-state index in [-0.39, 0.29) is 21.7 Å². The van der Waals surface area contributed by atoms with Crippen LogP contribution in [-0.2, 0) is 21.7 Å². The summed E-state index contributed by atoms with van der Waals surface area (Å²) in [7, 11) is -3.96. The monoisotopic (exact) mass is 442 g/mol. The van der Waals surface area contributed by atoms with Gasteiger partial charge in [0.05, 0.1) is 0 Å². The normalized spacial score (nSPS) is 22.7. The SMILES string of the molecule is C[Si]1(C)CC[Si](C)(C)[N-]1.C[Si]1(C)CC[Si](C)(C)[N-]1.[C-]#CC.[C-]#CC.[Ti+4]. The van der Waals surface area contributed by atoms with Crippen molar-refractivity contribution in [3.63, 3.8) is 0 Å². The molecule has 0 spiro atoms. The van der Waals surface area contributed by atoms with Crippen LogP contribution in [0.2, 0.25) is 76.6 Å². The van der Waals surface area contributed by atoms with Crippen LogP contribution in [0.25, 0.3) is 9.30 Å². The Hall–Kier alpha value is 0.622. The van der Waals surface area contributed by atoms with Crippen LogP contribution >= 0.6 is 0 Å². The van der Waals surface area contributed by atoms with Gasteiger partial charge >= 0.3 is 21.7 Å². The summed E-state index contributed by atoms with van der Waals surface area (Å²) >= 11 is 0. The van der Waals surface area contributed by atoms with E-state index in [1.54, 1.807) is 13.8 Å². The van der Waals surface area contributed by atoms with Crippen molar-refractivity contribution in [2.45, 2.75) is 90.4 Å². The fourth-order valence-corrected chi connectivity index (χ4v) is 27.8. The zero-order valence-corrected chi connectivity index (χ0v) is 23.8. The van der Waals surface area contributed by atoms with Crippen LogP contribution < -0.4 is 0 Å². The van der Waals surface area contributed by atoms with E-state index in [4.69, 9.17) is 22.1 Å². The molecular weight excluding hydrogens is 404 g/mol. The molecule has 0 aliphatic carbocycles. The molecule has 2 aliphatic rings. The zero-order chi connectivity index (χ0) is 19.7. The van der Waals surface area contributed by atoms with E-state index in [9.17, 15) is 0 Å². The van der Waals surface area contributed by atoms with Crippen molar-refractivity contribution in [2.75, 3.05) is 0 Å². The van der Waals surface area contributed by atoms with Gasteiger partial charge in [-0.15, -0.1) is 0 Å². The average Bonchev–Trinajstić information content (AvgIpc) is 2.75. The first-order valence-electron chi connectivity index (χ1n) is 8.81. The van der Waals surface area contributed by atoms with Crippen LogP contribution in [0.3, 0.4) is 0 Å². The number of rotatable bonds is 0. The molecule has 2 nitrogen and oxygen atoms in total. The van der Waals surface area contributed by atoms with E-state index in [1.165, 1.54) is 24.2 Å². The summed E-state index contributed by atoms with van der Waals surface area (Å²) < 4.78 is 9.86. The third-order valence-electron chi connectivity index (χ3n) is 3.91. The van der Waals surface area contributed by atoms with Gasteiger partial charge < -0.3 is 34.0 Å². The van der Waals surface area contributed by atoms with Crippen molar-refractivity contribution < 1.29 is 21.7 Å². The molecule has 2 fully saturated rings. The predicted molar refractivity (Wildman–Crippen MR) is 121 cm³/mol. The van der Waals surface area contributed by atoms with Crippen molar-refractivity contribution in [2.24, 2.45) is 0 Å². The van der Waals surface area contributed by atoms with Crippen LogP contribution in [-0.4, -0.2) is 32.9 Å². The summed E-state index contributed by atoms with van der Waals surface area (Å²) in [5, 5.41) is 0. The standard InChI is InChI=1S/2C6H16NSi2.2C3H3.Ti/c2*1-8(2)5-6-9(3,4)7-8;2*1-3-2;/h2*5-6H2,1-4H3;2*1H3;/q4*-1;+4. The quantitative estimate of drug-likeness (QED) is 0.225. The molecule has 0 aromatic carbocycles. The average molecular weight is 443 g/mol. The Morgan fingerprint density at radius 3 is 0.720 bits per heavy atom. The molecule has 2 heterocycles. The minimum absolute atomic E-state index is 0. The van der Waals surface area contributed by atoms with Crippen molar-refractivity contribution in [1.82, 2.24) is 0 Å². The van der Waals surface area contributed by atoms with E-state index >= 15 is 0 Å². The van der Waals surface area contributed by atoms with Gasteiger partial charge in [0.25, 0.3) is 0 Å². The second-order valence-electron chi connectivity index (χ2n) is 8.97. The molecule has 0 saturated carbocycles. The Labute approximate surface area is 178 Å². The second-order valence-corrected chi connectivity index (χ2v) is 27.3. The first-order chi connectivity index (χ1) is 10.7. The maximum absolute atomic E-state index is 5.96. The van der Waals surface area contributed by atoms with Gasteiger partial charge in [-0.3, -0.25) is 0 Å². The van der Waals surface area contributed by atoms with Crippen LogP contribution in [0.4, 0.5) is 0 Å². The first kappa shape index (κ1) is 30.4. The Kier molecular flexibility index (Phi) is 15.7. The third kappa shape index (κ3) is 17.8. The fourth-order valence-electron chi connectivity index (χ4n) is 3.09. The predicted octanol–water partition coefficient (Wildman–Crippen LogP) is 6.76. The molecule has 0 unspecified atom stereocenters. The van der Waals surface area contributed by atoms with Crippen molar-refractivity contribution in [1.29, 1.82) is 0 Å². The van der Waals surface area contributed by atoms with Gasteiger partial charge in [0.1, 0.15) is 0 Å². The minimum Gasteiger partial charge on any atom is -0.694 e. The largest absolute Gasteiger partial charge is 4.00 e. The Balaban J connectivity index is -0.000000287. The van der Waals surface area contributed by atoms with Gasteiger partial charge in [0, 0.05) is 0 Å². The van der Waals surface area contributed by atoms with Gasteiger partial charge in [0.2, 0.25) is 0 Å². The van der Waals surface area contributed by atoms with Crippen molar-refractivity contribution >= 4 is 32.9 Å². The first-order valence-corrected chi connectivity index (χ1v) is 21.4. The maximum Gasteiger partial charge on any atom is 4.00 e. The summed E-state index contributed by atoms with van der Waals surface area (Å²) in [5.74, 6) is 4.00. The van der Waals surface area contributed by atoms with Crippen LogP contribution in [0, 0.1) is 24.7 Å². The second kappa shape index (κ2) is 12.9. The summed E-state index contributed by atoms with van der Waals surface area (Å²) in [6.07, 6.45) is 11.9. The smallest absolute Gasteiger partial charge is 0.694 e. The molecule has 0 amide bonds. The van der Waals surface area contributed by atoms with Gasteiger partial charge in [0.15, 0.2) is 0 Å². The topological polar surface area (TPSA) is 28.2 Å². The van der Waals surface area contributed by atoms with E-state index in [0.717, 1.165) is 0 Å². The summed E-state index contributed by atoms with van der Waals surface area (Å²) in [4.78, 5) is 0. The van der Waals surface area contributed by atoms with E-state index < -0.39 is 32.9 Å². The molecule has 0 N–H and O–H groups in total. The molecule has 0 aromatic heterocycles. The van der Waals surface area contributed by atoms with Crippen molar-refractivity contribution in [3.05, 3.63) is 22.1 Å². The number of nitrogens with zero attached hydrogens (tertiary/aromatic N) is 2. The van der Waals surface area contributed by atoms with Crippen LogP contribution in [0.1, 0.15) is 13.8 Å². The molecule has 0 radical (unpaired) electrons. The molecule has 2 rings (SSSR count). The van der Waals surface area contributed by atoms with Crippen LogP contribution in [0.15, 0.2) is 0 Å². The van der Waals surface area contributed by atoms with Gasteiger partial charge in [-0.25, -0.2) is 0 Å². The minimum atomic E-state index is -0.989. The maximum atomic E-state index is 5.96. The zero-order valence-electron chi connectivity index (χ0n) is 18.2. The van der Waals surface area contributed by atoms with Crippen LogP contribution in [0.5, 0.6) is 0 Å². The molecule has 7 heteroatoms. The van der Waals surface area contributed by atoms with Crippen molar-refractivity contribution in [3.8, 4) is 11.8 Å². The summed E-state index contributed by atoms with van der Waals surface area (Å²) in [6, 6.07) is 5.80. The third-order valence-corrected chi connectivity index (χ3v) is 20.5. The Morgan fingerprint density at radius 2 is 0.680 bits per heavy atom. The number of hydrogen-bond acceptors (Lipinski definition) is 0. The summed E-state index contributed by atoms with van der Waals surface area (Å²) in [5.41, 5.74) is 0. The number of hydrogen-bond donors (Lipinski definition) is 0. The van der Waals surface area contributed by atoms with Gasteiger partial charge in [-0.1, -0.05) is 109 Å². The van der Waals surface area contributed by atoms with E-state index in [2.05, 4.69) is 52.4 Å². The molecule has 25 heavy (non-hydrogen) atoms. The fraction of sp³-hybridized carbons (Fsp3) is 0.778. The molecule has 2 aliphatic heterocycles. The Morgan fingerprint density at radius 1 is 0.560 bits per heavy atom. The molecule has 2 saturated heterocycles.